The maximum Gasteiger partial charge on any atom is 0.160 e. The lowest BCUT2D eigenvalue weighted by atomic mass is 9.96. The molecule has 9 rings (SSSR count). The monoisotopic (exact) mass is 590 g/mol. The molecule has 0 spiro atoms. The Bertz CT molecular complexity index is 2470. The first-order valence-electron chi connectivity index (χ1n) is 15.2. The summed E-state index contributed by atoms with van der Waals surface area (Å²) in [7, 11) is 0. The van der Waals surface area contributed by atoms with Crippen molar-refractivity contribution in [2.45, 2.75) is 0 Å². The molecule has 0 N–H and O–H groups in total. The van der Waals surface area contributed by atoms with Gasteiger partial charge in [-0.3, -0.25) is 0 Å². The van der Waals surface area contributed by atoms with Gasteiger partial charge in [-0.15, -0.1) is 11.3 Å². The highest BCUT2D eigenvalue weighted by Crippen LogP contribution is 2.42. The Morgan fingerprint density at radius 3 is 1.80 bits per heavy atom. The molecule has 0 amide bonds. The number of hydrogen-bond donors (Lipinski definition) is 0. The second kappa shape index (κ2) is 10.5. The summed E-state index contributed by atoms with van der Waals surface area (Å²) in [5.74, 6) is 0.731. The van der Waals surface area contributed by atoms with Crippen molar-refractivity contribution in [2.75, 3.05) is 0 Å². The molecule has 0 saturated heterocycles. The molecular weight excluding hydrogens is 565 g/mol. The summed E-state index contributed by atoms with van der Waals surface area (Å²) in [4.78, 5) is 10.2. The van der Waals surface area contributed by atoms with Crippen molar-refractivity contribution in [3.05, 3.63) is 158 Å². The van der Waals surface area contributed by atoms with E-state index >= 15 is 0 Å². The molecule has 2 aromatic heterocycles. The molecule has 0 aliphatic heterocycles. The van der Waals surface area contributed by atoms with Gasteiger partial charge in [0, 0.05) is 36.9 Å². The van der Waals surface area contributed by atoms with E-state index in [4.69, 9.17) is 9.97 Å². The third-order valence-electron chi connectivity index (χ3n) is 8.68. The van der Waals surface area contributed by atoms with Gasteiger partial charge in [0.15, 0.2) is 5.82 Å². The molecule has 9 aromatic rings. The lowest BCUT2D eigenvalue weighted by Crippen LogP contribution is -1.95. The molecule has 2 heterocycles. The largest absolute Gasteiger partial charge is 0.228 e. The van der Waals surface area contributed by atoms with Crippen molar-refractivity contribution in [1.82, 2.24) is 9.97 Å². The fraction of sp³-hybridized carbons (Fsp3) is 0. The van der Waals surface area contributed by atoms with Gasteiger partial charge in [0.2, 0.25) is 0 Å². The van der Waals surface area contributed by atoms with Gasteiger partial charge in [-0.05, 0) is 63.0 Å². The van der Waals surface area contributed by atoms with Crippen molar-refractivity contribution in [1.29, 1.82) is 0 Å². The number of rotatable bonds is 4. The number of benzene rings is 7. The second-order valence-corrected chi connectivity index (χ2v) is 12.5. The Balaban J connectivity index is 1.19. The molecule has 2 nitrogen and oxygen atoms in total. The molecule has 0 bridgehead atoms. The standard InChI is InChI=1S/C42H26N2S/c1-3-11-28(12-4-1)38-26-39(29-13-5-2-6-14-29)44-42(43-38)32-21-23-40-37(25-32)36-17-9-16-35(41(36)45-40)31-20-22-34-30(24-31)19-18-27-10-7-8-15-33(27)34/h1-26H. The van der Waals surface area contributed by atoms with Crippen LogP contribution < -0.4 is 0 Å². The SMILES string of the molecule is c1ccc(-c2cc(-c3ccccc3)nc(-c3ccc4sc5c(-c6ccc7c(ccc8ccccc87)c6)cccc5c4c3)n2)cc1. The van der Waals surface area contributed by atoms with Crippen LogP contribution in [0.15, 0.2) is 158 Å². The van der Waals surface area contributed by atoms with Gasteiger partial charge in [-0.1, -0.05) is 127 Å². The van der Waals surface area contributed by atoms with E-state index in [1.807, 2.05) is 23.5 Å². The molecule has 0 saturated carbocycles. The fourth-order valence-electron chi connectivity index (χ4n) is 6.44. The van der Waals surface area contributed by atoms with Crippen LogP contribution in [-0.2, 0) is 0 Å². The zero-order valence-corrected chi connectivity index (χ0v) is 25.1. The van der Waals surface area contributed by atoms with Crippen LogP contribution in [0.3, 0.4) is 0 Å². The maximum absolute atomic E-state index is 5.08. The molecule has 0 fully saturated rings. The van der Waals surface area contributed by atoms with Crippen LogP contribution >= 0.6 is 11.3 Å². The highest BCUT2D eigenvalue weighted by Gasteiger charge is 2.15. The Morgan fingerprint density at radius 2 is 1.02 bits per heavy atom. The first-order chi connectivity index (χ1) is 22.3. The van der Waals surface area contributed by atoms with Gasteiger partial charge >= 0.3 is 0 Å². The van der Waals surface area contributed by atoms with Gasteiger partial charge in [0.1, 0.15) is 0 Å². The van der Waals surface area contributed by atoms with Crippen LogP contribution in [0.1, 0.15) is 0 Å². The van der Waals surface area contributed by atoms with Crippen LogP contribution in [-0.4, -0.2) is 9.97 Å². The third-order valence-corrected chi connectivity index (χ3v) is 9.90. The van der Waals surface area contributed by atoms with Crippen LogP contribution in [0, 0.1) is 0 Å². The van der Waals surface area contributed by atoms with E-state index in [1.165, 1.54) is 52.8 Å². The number of hydrogen-bond acceptors (Lipinski definition) is 3. The quantitative estimate of drug-likeness (QED) is 0.191. The van der Waals surface area contributed by atoms with Crippen LogP contribution in [0.5, 0.6) is 0 Å². The summed E-state index contributed by atoms with van der Waals surface area (Å²) in [6.07, 6.45) is 0. The zero-order valence-electron chi connectivity index (χ0n) is 24.3. The minimum absolute atomic E-state index is 0.731. The molecule has 0 aliphatic rings. The van der Waals surface area contributed by atoms with E-state index in [-0.39, 0.29) is 0 Å². The smallest absolute Gasteiger partial charge is 0.160 e. The topological polar surface area (TPSA) is 25.8 Å². The van der Waals surface area contributed by atoms with Gasteiger partial charge in [0.25, 0.3) is 0 Å². The van der Waals surface area contributed by atoms with Crippen molar-refractivity contribution in [3.63, 3.8) is 0 Å². The van der Waals surface area contributed by atoms with Crippen LogP contribution in [0.2, 0.25) is 0 Å². The number of thiophene rings is 1. The maximum atomic E-state index is 5.08. The van der Waals surface area contributed by atoms with Crippen molar-refractivity contribution in [3.8, 4) is 45.0 Å². The highest BCUT2D eigenvalue weighted by atomic mass is 32.1. The van der Waals surface area contributed by atoms with Gasteiger partial charge in [0.05, 0.1) is 11.4 Å². The molecule has 210 valence electrons. The normalized spacial score (nSPS) is 11.6. The molecule has 0 radical (unpaired) electrons. The van der Waals surface area contributed by atoms with Gasteiger partial charge in [-0.2, -0.15) is 0 Å². The van der Waals surface area contributed by atoms with E-state index in [0.717, 1.165) is 33.9 Å². The lowest BCUT2D eigenvalue weighted by Gasteiger charge is -2.09. The first-order valence-corrected chi connectivity index (χ1v) is 16.0. The van der Waals surface area contributed by atoms with Gasteiger partial charge in [-0.25, -0.2) is 9.97 Å². The van der Waals surface area contributed by atoms with Gasteiger partial charge < -0.3 is 0 Å². The van der Waals surface area contributed by atoms with E-state index in [2.05, 4.69) is 146 Å². The molecule has 0 unspecified atom stereocenters. The summed E-state index contributed by atoms with van der Waals surface area (Å²) in [5, 5.41) is 7.61. The van der Waals surface area contributed by atoms with E-state index in [9.17, 15) is 0 Å². The summed E-state index contributed by atoms with van der Waals surface area (Å²) in [6.45, 7) is 0. The Morgan fingerprint density at radius 1 is 0.378 bits per heavy atom. The Labute approximate surface area is 264 Å². The highest BCUT2D eigenvalue weighted by molar-refractivity contribution is 7.26. The first kappa shape index (κ1) is 25.8. The molecule has 3 heteroatoms. The predicted octanol–water partition coefficient (Wildman–Crippen LogP) is 11.8. The van der Waals surface area contributed by atoms with E-state index < -0.39 is 0 Å². The number of fused-ring (bicyclic) bond motifs is 6. The Hall–Kier alpha value is -5.64. The molecule has 45 heavy (non-hydrogen) atoms. The Kier molecular flexibility index (Phi) is 6.03. The summed E-state index contributed by atoms with van der Waals surface area (Å²) in [5.41, 5.74) is 7.50. The lowest BCUT2D eigenvalue weighted by molar-refractivity contribution is 1.18. The third kappa shape index (κ3) is 4.48. The molecule has 0 atom stereocenters. The summed E-state index contributed by atoms with van der Waals surface area (Å²) in [6, 6.07) is 56.1. The van der Waals surface area contributed by atoms with E-state index in [1.54, 1.807) is 0 Å². The fourth-order valence-corrected chi connectivity index (χ4v) is 7.65. The second-order valence-electron chi connectivity index (χ2n) is 11.4. The average molecular weight is 591 g/mol. The molecular formula is C42H26N2S. The van der Waals surface area contributed by atoms with Crippen molar-refractivity contribution in [2.24, 2.45) is 0 Å². The number of nitrogens with zero attached hydrogens (tertiary/aromatic N) is 2. The van der Waals surface area contributed by atoms with Crippen LogP contribution in [0.4, 0.5) is 0 Å². The van der Waals surface area contributed by atoms with Crippen molar-refractivity contribution >= 4 is 53.1 Å². The average Bonchev–Trinajstić information content (AvgIpc) is 3.50. The molecule has 0 aliphatic carbocycles. The van der Waals surface area contributed by atoms with E-state index in [0.29, 0.717) is 0 Å². The summed E-state index contributed by atoms with van der Waals surface area (Å²) >= 11 is 1.85. The molecule has 7 aromatic carbocycles. The van der Waals surface area contributed by atoms with Crippen molar-refractivity contribution < 1.29 is 0 Å². The number of aromatic nitrogens is 2. The van der Waals surface area contributed by atoms with Crippen LogP contribution in [0.25, 0.3) is 86.7 Å². The zero-order chi connectivity index (χ0) is 29.7. The minimum Gasteiger partial charge on any atom is -0.228 e. The minimum atomic E-state index is 0.731. The summed E-state index contributed by atoms with van der Waals surface area (Å²) < 4.78 is 2.56. The predicted molar refractivity (Wildman–Crippen MR) is 192 cm³/mol.